The molecule has 11 atom stereocenters. The molecule has 74 heavy (non-hydrogen) atoms. The van der Waals surface area contributed by atoms with Crippen molar-refractivity contribution in [1.82, 2.24) is 34.4 Å². The molecule has 0 aliphatic carbocycles. The number of hydrogen-bond acceptors (Lipinski definition) is 22. The number of aliphatic hydroxyl groups excluding tert-OH is 2. The van der Waals surface area contributed by atoms with E-state index in [9.17, 15) is 53.2 Å². The second kappa shape index (κ2) is 23.9. The highest BCUT2D eigenvalue weighted by Crippen LogP contribution is 2.50. The first-order chi connectivity index (χ1) is 35.1. The monoisotopic (exact) mass is 1080 g/mol. The Bertz CT molecular complexity index is 2910. The van der Waals surface area contributed by atoms with Crippen LogP contribution >= 0.6 is 15.6 Å². The van der Waals surface area contributed by atoms with Gasteiger partial charge in [-0.15, -0.1) is 0 Å². The molecule has 3 aromatic heterocycles. The number of rotatable bonds is 22. The average molecular weight is 1080 g/mol. The van der Waals surface area contributed by atoms with Crippen LogP contribution in [0.2, 0.25) is 0 Å². The van der Waals surface area contributed by atoms with Crippen molar-refractivity contribution in [3.63, 3.8) is 0 Å². The number of aliphatic hydroxyl groups is 2. The number of aryl methyl sites for hydroxylation is 1. The van der Waals surface area contributed by atoms with Crippen LogP contribution in [0.3, 0.4) is 0 Å². The van der Waals surface area contributed by atoms with Crippen LogP contribution in [0.5, 0.6) is 0 Å². The minimum atomic E-state index is -5.48. The summed E-state index contributed by atoms with van der Waals surface area (Å²) in [5, 5.41) is 28.4. The summed E-state index contributed by atoms with van der Waals surface area (Å²) in [6.07, 6.45) is -11.2. The summed E-state index contributed by atoms with van der Waals surface area (Å²) in [4.78, 5) is 98.4. The van der Waals surface area contributed by atoms with E-state index in [1.165, 1.54) is 17.0 Å². The van der Waals surface area contributed by atoms with Crippen LogP contribution in [0.15, 0.2) is 84.3 Å². The van der Waals surface area contributed by atoms with Crippen LogP contribution in [-0.2, 0) is 64.3 Å². The molecular formula is C43H55N11O18P2. The number of esters is 1. The van der Waals surface area contributed by atoms with Gasteiger partial charge in [0.2, 0.25) is 5.91 Å². The molecule has 2 saturated heterocycles. The van der Waals surface area contributed by atoms with Gasteiger partial charge in [0.1, 0.15) is 60.8 Å². The Labute approximate surface area is 420 Å². The third kappa shape index (κ3) is 14.3. The molecule has 0 bridgehead atoms. The molecular weight excluding hydrogens is 1020 g/mol. The zero-order valence-electron chi connectivity index (χ0n) is 39.5. The molecule has 13 N–H and O–H groups in total. The van der Waals surface area contributed by atoms with Gasteiger partial charge in [0.15, 0.2) is 30.0 Å². The predicted molar refractivity (Wildman–Crippen MR) is 255 cm³/mol. The fourth-order valence-corrected chi connectivity index (χ4v) is 9.23. The van der Waals surface area contributed by atoms with Crippen molar-refractivity contribution in [1.29, 1.82) is 0 Å². The summed E-state index contributed by atoms with van der Waals surface area (Å²) in [7, 11) is -10.7. The Kier molecular flexibility index (Phi) is 17.9. The number of imidazole rings is 1. The number of ether oxygens (including phenoxy) is 4. The number of phosphoric ester groups is 2. The van der Waals surface area contributed by atoms with E-state index in [2.05, 4.69) is 35.1 Å². The van der Waals surface area contributed by atoms with Crippen molar-refractivity contribution >= 4 is 62.1 Å². The lowest BCUT2D eigenvalue weighted by Crippen LogP contribution is -2.47. The van der Waals surface area contributed by atoms with E-state index in [0.29, 0.717) is 17.7 Å². The quantitative estimate of drug-likeness (QED) is 0.0334. The standard InChI is InChI=1S/C43H55N11O18P2/c1-22(2)16-26(44)38(57)50-25-11-8-24(9-12-25)17-66-43(60)51-27(13-10-23-6-4-3-5-7-23)41(58)71-34-28(69-40(32(34)55)54-21-49-31-36(46)47-20-48-37(31)54)19-68-74(64,65)72-35-29(18-67-73(61,62)63)70-39(33(35)56)53-15-14-30(45)52-42(53)59/h3-9,11-12,14-15,20-22,26-29,32-35,39-40,55-56H,10,13,16-19,44H2,1-2H3,(H,50,57)(H,51,60)(H,64,65)(H2,45,52,59)(H2,46,47,48)(H2,61,62,63)/t26-,27-,28+,29+,32+,33+,34+,35+,39+,40+/m0/s1. The molecule has 5 aromatic rings. The summed E-state index contributed by atoms with van der Waals surface area (Å²) in [5.41, 5.74) is 18.4. The van der Waals surface area contributed by atoms with Crippen molar-refractivity contribution in [3.05, 3.63) is 101 Å². The van der Waals surface area contributed by atoms with Crippen LogP contribution < -0.4 is 33.5 Å². The number of nitrogen functional groups attached to an aromatic ring is 2. The molecule has 31 heteroatoms. The highest BCUT2D eigenvalue weighted by Gasteiger charge is 2.52. The number of nitrogens with one attached hydrogen (secondary N) is 2. The molecule has 29 nitrogen and oxygen atoms in total. The van der Waals surface area contributed by atoms with Crippen LogP contribution in [0.1, 0.15) is 50.3 Å². The molecule has 1 unspecified atom stereocenters. The number of nitrogens with two attached hydrogens (primary N) is 3. The van der Waals surface area contributed by atoms with Gasteiger partial charge in [0.25, 0.3) is 0 Å². The largest absolute Gasteiger partial charge is 0.472 e. The number of carbonyl (C=O) groups is 3. The van der Waals surface area contributed by atoms with E-state index in [1.54, 1.807) is 54.6 Å². The molecule has 5 heterocycles. The molecule has 2 fully saturated rings. The van der Waals surface area contributed by atoms with Gasteiger partial charge in [-0.2, -0.15) is 4.98 Å². The number of nitrogens with zero attached hydrogens (tertiary/aromatic N) is 6. The fraction of sp³-hybridized carbons (Fsp3) is 0.442. The fourth-order valence-electron chi connectivity index (χ4n) is 7.93. The summed E-state index contributed by atoms with van der Waals surface area (Å²) in [5.74, 6) is -1.50. The SMILES string of the molecule is CC(C)C[C@H](N)C(=O)Nc1ccc(COC(=O)N[C@@H](CCc2ccccc2)C(=O)O[C@H]2[C@@H](O)[C@H](n3cnc4c(N)ncnc43)O[C@@H]2COP(=O)(O)O[C@H]2[C@@H](O)[C@H](n3ccc(N)nc3=O)O[C@@H]2COP(=O)(O)O)cc1. The number of fused-ring (bicyclic) bond motifs is 1. The number of hydrogen-bond donors (Lipinski definition) is 10. The normalized spacial score (nSPS) is 23.5. The van der Waals surface area contributed by atoms with E-state index < -0.39 is 108 Å². The van der Waals surface area contributed by atoms with E-state index in [-0.39, 0.29) is 54.1 Å². The lowest BCUT2D eigenvalue weighted by atomic mass is 10.0. The highest BCUT2D eigenvalue weighted by molar-refractivity contribution is 7.47. The topological polar surface area (TPSA) is 432 Å². The van der Waals surface area contributed by atoms with E-state index in [0.717, 1.165) is 22.7 Å². The molecule has 0 radical (unpaired) electrons. The van der Waals surface area contributed by atoms with Crippen molar-refractivity contribution in [2.24, 2.45) is 11.7 Å². The Morgan fingerprint density at radius 3 is 2.19 bits per heavy atom. The van der Waals surface area contributed by atoms with Crippen molar-refractivity contribution in [3.8, 4) is 0 Å². The maximum atomic E-state index is 14.3. The maximum absolute atomic E-state index is 14.3. The molecule has 7 rings (SSSR count). The molecule has 0 saturated carbocycles. The third-order valence-corrected chi connectivity index (χ3v) is 13.0. The molecule has 2 amide bonds. The van der Waals surface area contributed by atoms with Gasteiger partial charge in [0, 0.05) is 11.9 Å². The van der Waals surface area contributed by atoms with Gasteiger partial charge in [-0.25, -0.2) is 38.5 Å². The second-order valence-corrected chi connectivity index (χ2v) is 20.1. The van der Waals surface area contributed by atoms with E-state index >= 15 is 0 Å². The van der Waals surface area contributed by atoms with Crippen molar-refractivity contribution in [2.75, 3.05) is 30.0 Å². The predicted octanol–water partition coefficient (Wildman–Crippen LogP) is 0.527. The number of alkyl carbamates (subject to hydrolysis) is 1. The van der Waals surface area contributed by atoms with E-state index in [4.69, 9.17) is 45.2 Å². The van der Waals surface area contributed by atoms with Crippen molar-refractivity contribution < 1.29 is 80.9 Å². The number of aromatic nitrogens is 6. The van der Waals surface area contributed by atoms with Crippen LogP contribution in [0.25, 0.3) is 11.2 Å². The Morgan fingerprint density at radius 2 is 1.51 bits per heavy atom. The van der Waals surface area contributed by atoms with Crippen LogP contribution in [0.4, 0.5) is 22.1 Å². The zero-order valence-corrected chi connectivity index (χ0v) is 41.2. The lowest BCUT2D eigenvalue weighted by molar-refractivity contribution is -0.159. The van der Waals surface area contributed by atoms with Gasteiger partial charge >= 0.3 is 33.4 Å². The van der Waals surface area contributed by atoms with Crippen LogP contribution in [-0.4, -0.2) is 134 Å². The third-order valence-electron chi connectivity index (χ3n) is 11.5. The molecule has 0 spiro atoms. The van der Waals surface area contributed by atoms with Gasteiger partial charge in [0.05, 0.1) is 25.6 Å². The van der Waals surface area contributed by atoms with Crippen LogP contribution in [0, 0.1) is 5.92 Å². The number of anilines is 3. The average Bonchev–Trinajstić information content (AvgIpc) is 4.01. The smallest absolute Gasteiger partial charge is 0.455 e. The maximum Gasteiger partial charge on any atom is 0.472 e. The van der Waals surface area contributed by atoms with Gasteiger partial charge in [-0.3, -0.25) is 27.5 Å². The Morgan fingerprint density at radius 1 is 0.851 bits per heavy atom. The summed E-state index contributed by atoms with van der Waals surface area (Å²) >= 11 is 0. The lowest BCUT2D eigenvalue weighted by Gasteiger charge is -2.26. The Balaban J connectivity index is 1.08. The van der Waals surface area contributed by atoms with Gasteiger partial charge in [-0.1, -0.05) is 56.3 Å². The summed E-state index contributed by atoms with van der Waals surface area (Å²) < 4.78 is 65.5. The number of carbonyl (C=O) groups excluding carboxylic acids is 3. The number of benzene rings is 2. The molecule has 2 aliphatic heterocycles. The second-order valence-electron chi connectivity index (χ2n) is 17.5. The van der Waals surface area contributed by atoms with Crippen molar-refractivity contribution in [2.45, 2.75) is 101 Å². The molecule has 2 aliphatic rings. The first-order valence-electron chi connectivity index (χ1n) is 22.7. The molecule has 400 valence electrons. The Hall–Kier alpha value is -6.30. The minimum Gasteiger partial charge on any atom is -0.455 e. The van der Waals surface area contributed by atoms with E-state index in [1.807, 2.05) is 13.8 Å². The highest BCUT2D eigenvalue weighted by atomic mass is 31.2. The first kappa shape index (κ1) is 55.5. The van der Waals surface area contributed by atoms with Gasteiger partial charge < -0.3 is 71.7 Å². The number of amides is 2. The number of phosphoric acid groups is 2. The zero-order chi connectivity index (χ0) is 53.5. The minimum absolute atomic E-state index is 0.0349. The summed E-state index contributed by atoms with van der Waals surface area (Å²) in [6.45, 7) is 1.58. The van der Waals surface area contributed by atoms with Gasteiger partial charge in [-0.05, 0) is 54.5 Å². The molecule has 2 aromatic carbocycles. The summed E-state index contributed by atoms with van der Waals surface area (Å²) in [6, 6.07) is 14.3. The first-order valence-corrected chi connectivity index (χ1v) is 25.7.